The smallest absolute Gasteiger partial charge is 0.404 e. The van der Waals surface area contributed by atoms with Crippen molar-refractivity contribution < 1.29 is 15.0 Å². The zero-order valence-electron chi connectivity index (χ0n) is 10.2. The number of aryl methyl sites for hydroxylation is 2. The maximum atomic E-state index is 10.4. The molecule has 0 fully saturated rings. The van der Waals surface area contributed by atoms with E-state index in [0.29, 0.717) is 5.75 Å². The molecule has 1 unspecified atom stereocenters. The van der Waals surface area contributed by atoms with Gasteiger partial charge < -0.3 is 15.5 Å². The molecule has 4 heteroatoms. The Bertz CT molecular complexity index is 390. The number of rotatable bonds is 5. The van der Waals surface area contributed by atoms with Crippen molar-refractivity contribution in [2.45, 2.75) is 39.2 Å². The summed E-state index contributed by atoms with van der Waals surface area (Å²) < 4.78 is 0. The number of aromatic hydroxyl groups is 1. The second kappa shape index (κ2) is 6.13. The van der Waals surface area contributed by atoms with E-state index in [2.05, 4.69) is 5.32 Å². The highest BCUT2D eigenvalue weighted by molar-refractivity contribution is 5.64. The first-order valence-electron chi connectivity index (χ1n) is 5.77. The third-order valence-corrected chi connectivity index (χ3v) is 2.75. The molecule has 0 saturated heterocycles. The van der Waals surface area contributed by atoms with Gasteiger partial charge in [0, 0.05) is 6.04 Å². The van der Waals surface area contributed by atoms with Gasteiger partial charge in [-0.15, -0.1) is 0 Å². The molecule has 1 rings (SSSR count). The molecule has 0 aliphatic rings. The molecule has 1 aromatic rings. The minimum absolute atomic E-state index is 0.0356. The molecule has 0 bridgehead atoms. The van der Waals surface area contributed by atoms with Gasteiger partial charge in [-0.1, -0.05) is 12.1 Å². The number of carbonyl (C=O) groups is 1. The molecule has 17 heavy (non-hydrogen) atoms. The van der Waals surface area contributed by atoms with Crippen LogP contribution in [0.2, 0.25) is 0 Å². The van der Waals surface area contributed by atoms with E-state index in [1.165, 1.54) is 0 Å². The SMILES string of the molecule is Cc1ccc(CCCC(C)NC(=O)O)cc1O. The van der Waals surface area contributed by atoms with Crippen LogP contribution in [0.1, 0.15) is 30.9 Å². The maximum Gasteiger partial charge on any atom is 0.404 e. The zero-order chi connectivity index (χ0) is 12.8. The Morgan fingerprint density at radius 3 is 2.76 bits per heavy atom. The summed E-state index contributed by atoms with van der Waals surface area (Å²) in [4.78, 5) is 10.4. The Balaban J connectivity index is 2.35. The number of nitrogens with one attached hydrogen (secondary N) is 1. The van der Waals surface area contributed by atoms with Crippen molar-refractivity contribution >= 4 is 6.09 Å². The number of carboxylic acid groups (broad SMARTS) is 1. The Kier molecular flexibility index (Phi) is 4.82. The molecule has 94 valence electrons. The first-order valence-corrected chi connectivity index (χ1v) is 5.77. The number of hydrogen-bond acceptors (Lipinski definition) is 2. The normalized spacial score (nSPS) is 12.1. The summed E-state index contributed by atoms with van der Waals surface area (Å²) in [6, 6.07) is 5.62. The summed E-state index contributed by atoms with van der Waals surface area (Å²) in [7, 11) is 0. The van der Waals surface area contributed by atoms with E-state index in [4.69, 9.17) is 5.11 Å². The second-order valence-corrected chi connectivity index (χ2v) is 4.36. The largest absolute Gasteiger partial charge is 0.508 e. The summed E-state index contributed by atoms with van der Waals surface area (Å²) >= 11 is 0. The van der Waals surface area contributed by atoms with Crippen molar-refractivity contribution in [1.29, 1.82) is 0 Å². The van der Waals surface area contributed by atoms with Gasteiger partial charge in [-0.3, -0.25) is 0 Å². The van der Waals surface area contributed by atoms with Gasteiger partial charge in [0.1, 0.15) is 5.75 Å². The van der Waals surface area contributed by atoms with E-state index in [0.717, 1.165) is 30.4 Å². The van der Waals surface area contributed by atoms with E-state index in [1.54, 1.807) is 6.07 Å². The fourth-order valence-corrected chi connectivity index (χ4v) is 1.71. The Labute approximate surface area is 101 Å². The van der Waals surface area contributed by atoms with E-state index < -0.39 is 6.09 Å². The lowest BCUT2D eigenvalue weighted by atomic mass is 10.0. The van der Waals surface area contributed by atoms with Crippen LogP contribution in [0, 0.1) is 6.92 Å². The quantitative estimate of drug-likeness (QED) is 0.737. The minimum Gasteiger partial charge on any atom is -0.508 e. The van der Waals surface area contributed by atoms with Gasteiger partial charge in [-0.25, -0.2) is 4.79 Å². The first-order chi connectivity index (χ1) is 7.99. The lowest BCUT2D eigenvalue weighted by Crippen LogP contribution is -2.30. The molecule has 0 heterocycles. The third kappa shape index (κ3) is 4.76. The van der Waals surface area contributed by atoms with Gasteiger partial charge in [-0.05, 0) is 50.3 Å². The van der Waals surface area contributed by atoms with E-state index in [1.807, 2.05) is 26.0 Å². The Morgan fingerprint density at radius 1 is 1.47 bits per heavy atom. The van der Waals surface area contributed by atoms with Crippen molar-refractivity contribution in [1.82, 2.24) is 5.32 Å². The summed E-state index contributed by atoms with van der Waals surface area (Å²) in [6.45, 7) is 3.71. The number of amides is 1. The molecule has 0 saturated carbocycles. The molecule has 0 radical (unpaired) electrons. The van der Waals surface area contributed by atoms with Crippen LogP contribution in [0.5, 0.6) is 5.75 Å². The monoisotopic (exact) mass is 237 g/mol. The average molecular weight is 237 g/mol. The predicted molar refractivity (Wildman–Crippen MR) is 66.4 cm³/mol. The molecule has 0 aromatic heterocycles. The van der Waals surface area contributed by atoms with E-state index >= 15 is 0 Å². The van der Waals surface area contributed by atoms with Gasteiger partial charge in [0.25, 0.3) is 0 Å². The van der Waals surface area contributed by atoms with Gasteiger partial charge >= 0.3 is 6.09 Å². The molecular formula is C13H19NO3. The number of benzene rings is 1. The number of phenolic OH excluding ortho intramolecular Hbond substituents is 1. The number of phenols is 1. The van der Waals surface area contributed by atoms with Crippen LogP contribution in [-0.2, 0) is 6.42 Å². The zero-order valence-corrected chi connectivity index (χ0v) is 10.2. The van der Waals surface area contributed by atoms with Crippen molar-refractivity contribution in [3.63, 3.8) is 0 Å². The highest BCUT2D eigenvalue weighted by Crippen LogP contribution is 2.18. The van der Waals surface area contributed by atoms with Gasteiger partial charge in [0.05, 0.1) is 0 Å². The van der Waals surface area contributed by atoms with Crippen molar-refractivity contribution in [2.75, 3.05) is 0 Å². The van der Waals surface area contributed by atoms with Crippen molar-refractivity contribution in [3.05, 3.63) is 29.3 Å². The van der Waals surface area contributed by atoms with E-state index in [9.17, 15) is 9.90 Å². The fourth-order valence-electron chi connectivity index (χ4n) is 1.71. The second-order valence-electron chi connectivity index (χ2n) is 4.36. The average Bonchev–Trinajstić information content (AvgIpc) is 2.22. The topological polar surface area (TPSA) is 69.6 Å². The van der Waals surface area contributed by atoms with Crippen LogP contribution in [0.25, 0.3) is 0 Å². The lowest BCUT2D eigenvalue weighted by molar-refractivity contribution is 0.190. The van der Waals surface area contributed by atoms with Crippen molar-refractivity contribution in [3.8, 4) is 5.75 Å². The molecule has 4 nitrogen and oxygen atoms in total. The van der Waals surface area contributed by atoms with Gasteiger partial charge in [0.15, 0.2) is 0 Å². The molecule has 0 aliphatic carbocycles. The van der Waals surface area contributed by atoms with Crippen LogP contribution < -0.4 is 5.32 Å². The summed E-state index contributed by atoms with van der Waals surface area (Å²) in [5.41, 5.74) is 1.95. The van der Waals surface area contributed by atoms with Gasteiger partial charge in [0.2, 0.25) is 0 Å². The molecular weight excluding hydrogens is 218 g/mol. The predicted octanol–water partition coefficient (Wildman–Crippen LogP) is 2.68. The third-order valence-electron chi connectivity index (χ3n) is 2.75. The molecule has 1 aromatic carbocycles. The Hall–Kier alpha value is -1.71. The lowest BCUT2D eigenvalue weighted by Gasteiger charge is -2.11. The van der Waals surface area contributed by atoms with Crippen LogP contribution in [0.15, 0.2) is 18.2 Å². The summed E-state index contributed by atoms with van der Waals surface area (Å²) in [5.74, 6) is 0.319. The molecule has 1 amide bonds. The molecule has 3 N–H and O–H groups in total. The van der Waals surface area contributed by atoms with E-state index in [-0.39, 0.29) is 6.04 Å². The van der Waals surface area contributed by atoms with Crippen LogP contribution in [0.4, 0.5) is 4.79 Å². The summed E-state index contributed by atoms with van der Waals surface area (Å²) in [6.07, 6.45) is 1.55. The van der Waals surface area contributed by atoms with Crippen molar-refractivity contribution in [2.24, 2.45) is 0 Å². The first kappa shape index (κ1) is 13.4. The molecule has 0 spiro atoms. The highest BCUT2D eigenvalue weighted by atomic mass is 16.4. The standard InChI is InChI=1S/C13H19NO3/c1-9-6-7-11(8-12(9)15)5-3-4-10(2)14-13(16)17/h6-8,10,14-15H,3-5H2,1-2H3,(H,16,17). The Morgan fingerprint density at radius 2 is 2.18 bits per heavy atom. The van der Waals surface area contributed by atoms with Crippen LogP contribution in [-0.4, -0.2) is 22.3 Å². The van der Waals surface area contributed by atoms with Gasteiger partial charge in [-0.2, -0.15) is 0 Å². The molecule has 0 aliphatic heterocycles. The highest BCUT2D eigenvalue weighted by Gasteiger charge is 2.05. The maximum absolute atomic E-state index is 10.4. The summed E-state index contributed by atoms with van der Waals surface area (Å²) in [5, 5.41) is 20.5. The van der Waals surface area contributed by atoms with Crippen LogP contribution in [0.3, 0.4) is 0 Å². The molecule has 1 atom stereocenters. The fraction of sp³-hybridized carbons (Fsp3) is 0.462. The van der Waals surface area contributed by atoms with Crippen LogP contribution >= 0.6 is 0 Å². The minimum atomic E-state index is -0.981. The number of hydrogen-bond donors (Lipinski definition) is 3.